The fraction of sp³-hybridized carbons (Fsp3) is 0.700. The predicted octanol–water partition coefficient (Wildman–Crippen LogP) is 2.74. The van der Waals surface area contributed by atoms with Gasteiger partial charge in [0.1, 0.15) is 0 Å². The molecule has 68 valence electrons. The fourth-order valence-electron chi connectivity index (χ4n) is 1.75. The van der Waals surface area contributed by atoms with Crippen molar-refractivity contribution in [2.24, 2.45) is 0 Å². The zero-order valence-electron chi connectivity index (χ0n) is 7.60. The maximum atomic E-state index is 10.2. The first-order chi connectivity index (χ1) is 5.70. The maximum Gasteiger partial charge on any atom is 0.303 e. The summed E-state index contributed by atoms with van der Waals surface area (Å²) in [5, 5.41) is 8.44. The molecule has 0 saturated carbocycles. The van der Waals surface area contributed by atoms with Crippen LogP contribution in [0.3, 0.4) is 0 Å². The molecule has 1 aliphatic rings. The normalized spacial score (nSPS) is 17.1. The van der Waals surface area contributed by atoms with Gasteiger partial charge in [-0.1, -0.05) is 11.1 Å². The smallest absolute Gasteiger partial charge is 0.303 e. The van der Waals surface area contributed by atoms with E-state index in [0.29, 0.717) is 6.42 Å². The van der Waals surface area contributed by atoms with E-state index in [2.05, 4.69) is 6.92 Å². The Morgan fingerprint density at radius 2 is 2.25 bits per heavy atom. The minimum absolute atomic E-state index is 0.316. The highest BCUT2D eigenvalue weighted by Crippen LogP contribution is 2.28. The predicted molar refractivity (Wildman–Crippen MR) is 48.0 cm³/mol. The molecule has 0 aromatic rings. The molecule has 1 aliphatic carbocycles. The second kappa shape index (κ2) is 4.29. The van der Waals surface area contributed by atoms with Crippen LogP contribution in [0.15, 0.2) is 11.1 Å². The Bertz CT molecular complexity index is 204. The van der Waals surface area contributed by atoms with Gasteiger partial charge in [-0.15, -0.1) is 0 Å². The summed E-state index contributed by atoms with van der Waals surface area (Å²) in [5.74, 6) is -0.675. The highest BCUT2D eigenvalue weighted by Gasteiger charge is 2.10. The van der Waals surface area contributed by atoms with Crippen LogP contribution in [0.4, 0.5) is 0 Å². The van der Waals surface area contributed by atoms with E-state index in [-0.39, 0.29) is 0 Å². The van der Waals surface area contributed by atoms with Crippen molar-refractivity contribution < 1.29 is 9.90 Å². The number of hydrogen-bond donors (Lipinski definition) is 1. The SMILES string of the molecule is CC1=C(CCCC(=O)O)CCC1. The van der Waals surface area contributed by atoms with Crippen LogP contribution in [0.2, 0.25) is 0 Å². The van der Waals surface area contributed by atoms with Crippen molar-refractivity contribution >= 4 is 5.97 Å². The summed E-state index contributed by atoms with van der Waals surface area (Å²) >= 11 is 0. The fourth-order valence-corrected chi connectivity index (χ4v) is 1.75. The van der Waals surface area contributed by atoms with E-state index >= 15 is 0 Å². The van der Waals surface area contributed by atoms with Gasteiger partial charge >= 0.3 is 5.97 Å². The van der Waals surface area contributed by atoms with E-state index in [1.807, 2.05) is 0 Å². The van der Waals surface area contributed by atoms with Crippen molar-refractivity contribution in [1.82, 2.24) is 0 Å². The first-order valence-corrected chi connectivity index (χ1v) is 4.59. The molecule has 0 fully saturated rings. The Balaban J connectivity index is 2.23. The molecule has 0 spiro atoms. The molecule has 0 aliphatic heterocycles. The number of rotatable bonds is 4. The molecule has 0 unspecified atom stereocenters. The monoisotopic (exact) mass is 168 g/mol. The van der Waals surface area contributed by atoms with E-state index in [9.17, 15) is 4.79 Å². The second-order valence-electron chi connectivity index (χ2n) is 3.48. The van der Waals surface area contributed by atoms with E-state index in [1.165, 1.54) is 30.4 Å². The molecule has 1 N–H and O–H groups in total. The minimum Gasteiger partial charge on any atom is -0.481 e. The van der Waals surface area contributed by atoms with Gasteiger partial charge in [-0.2, -0.15) is 0 Å². The third kappa shape index (κ3) is 2.68. The molecular weight excluding hydrogens is 152 g/mol. The van der Waals surface area contributed by atoms with Crippen molar-refractivity contribution in [2.75, 3.05) is 0 Å². The van der Waals surface area contributed by atoms with E-state index < -0.39 is 5.97 Å². The molecule has 0 aromatic carbocycles. The van der Waals surface area contributed by atoms with Gasteiger partial charge in [0.15, 0.2) is 0 Å². The van der Waals surface area contributed by atoms with Crippen molar-refractivity contribution in [3.63, 3.8) is 0 Å². The quantitative estimate of drug-likeness (QED) is 0.655. The van der Waals surface area contributed by atoms with Gasteiger partial charge in [-0.3, -0.25) is 4.79 Å². The molecule has 0 atom stereocenters. The van der Waals surface area contributed by atoms with Gasteiger partial charge in [0.05, 0.1) is 0 Å². The van der Waals surface area contributed by atoms with Crippen LogP contribution >= 0.6 is 0 Å². The number of hydrogen-bond acceptors (Lipinski definition) is 1. The van der Waals surface area contributed by atoms with Crippen LogP contribution in [0.5, 0.6) is 0 Å². The average molecular weight is 168 g/mol. The first-order valence-electron chi connectivity index (χ1n) is 4.59. The molecular formula is C10H16O2. The summed E-state index contributed by atoms with van der Waals surface area (Å²) in [6.07, 6.45) is 5.82. The Morgan fingerprint density at radius 3 is 2.75 bits per heavy atom. The van der Waals surface area contributed by atoms with Crippen LogP contribution in [-0.2, 0) is 4.79 Å². The number of carboxylic acids is 1. The van der Waals surface area contributed by atoms with Gasteiger partial charge in [0, 0.05) is 6.42 Å². The first kappa shape index (κ1) is 9.30. The van der Waals surface area contributed by atoms with Crippen LogP contribution in [0.25, 0.3) is 0 Å². The number of carboxylic acid groups (broad SMARTS) is 1. The van der Waals surface area contributed by atoms with Gasteiger partial charge in [0.2, 0.25) is 0 Å². The maximum absolute atomic E-state index is 10.2. The summed E-state index contributed by atoms with van der Waals surface area (Å²) in [6, 6.07) is 0. The van der Waals surface area contributed by atoms with Crippen LogP contribution in [0.1, 0.15) is 45.4 Å². The van der Waals surface area contributed by atoms with Crippen molar-refractivity contribution in [2.45, 2.75) is 45.4 Å². The molecule has 1 rings (SSSR count). The molecule has 12 heavy (non-hydrogen) atoms. The summed E-state index contributed by atoms with van der Waals surface area (Å²) in [7, 11) is 0. The molecule has 0 saturated heterocycles. The lowest BCUT2D eigenvalue weighted by molar-refractivity contribution is -0.137. The topological polar surface area (TPSA) is 37.3 Å². The van der Waals surface area contributed by atoms with Gasteiger partial charge in [-0.25, -0.2) is 0 Å². The summed E-state index contributed by atoms with van der Waals surface area (Å²) in [4.78, 5) is 10.2. The zero-order valence-corrected chi connectivity index (χ0v) is 7.60. The Hall–Kier alpha value is -0.790. The molecule has 2 nitrogen and oxygen atoms in total. The lowest BCUT2D eigenvalue weighted by Gasteiger charge is -2.01. The highest BCUT2D eigenvalue weighted by molar-refractivity contribution is 5.66. The molecule has 0 aromatic heterocycles. The molecule has 0 radical (unpaired) electrons. The van der Waals surface area contributed by atoms with E-state index in [1.54, 1.807) is 0 Å². The second-order valence-corrected chi connectivity index (χ2v) is 3.48. The van der Waals surface area contributed by atoms with E-state index in [4.69, 9.17) is 5.11 Å². The van der Waals surface area contributed by atoms with Gasteiger partial charge < -0.3 is 5.11 Å². The lowest BCUT2D eigenvalue weighted by atomic mass is 10.1. The summed E-state index contributed by atoms with van der Waals surface area (Å²) < 4.78 is 0. The van der Waals surface area contributed by atoms with Crippen LogP contribution in [-0.4, -0.2) is 11.1 Å². The van der Waals surface area contributed by atoms with Gasteiger partial charge in [-0.05, 0) is 39.0 Å². The minimum atomic E-state index is -0.675. The van der Waals surface area contributed by atoms with Crippen LogP contribution in [0, 0.1) is 0 Å². The third-order valence-corrected chi connectivity index (χ3v) is 2.50. The Labute approximate surface area is 73.3 Å². The third-order valence-electron chi connectivity index (χ3n) is 2.50. The van der Waals surface area contributed by atoms with Gasteiger partial charge in [0.25, 0.3) is 0 Å². The lowest BCUT2D eigenvalue weighted by Crippen LogP contribution is -1.94. The Morgan fingerprint density at radius 1 is 1.50 bits per heavy atom. The Kier molecular flexibility index (Phi) is 3.32. The molecule has 0 heterocycles. The zero-order chi connectivity index (χ0) is 8.97. The summed E-state index contributed by atoms with van der Waals surface area (Å²) in [5.41, 5.74) is 3.01. The number of allylic oxidation sites excluding steroid dienone is 2. The standard InChI is InChI=1S/C10H16O2/c1-8-4-2-5-9(8)6-3-7-10(11)12/h2-7H2,1H3,(H,11,12). The highest BCUT2D eigenvalue weighted by atomic mass is 16.4. The number of carbonyl (C=O) groups is 1. The van der Waals surface area contributed by atoms with Crippen molar-refractivity contribution in [3.8, 4) is 0 Å². The largest absolute Gasteiger partial charge is 0.481 e. The number of aliphatic carboxylic acids is 1. The molecule has 2 heteroatoms. The molecule has 0 amide bonds. The molecule has 0 bridgehead atoms. The average Bonchev–Trinajstić information content (AvgIpc) is 2.36. The van der Waals surface area contributed by atoms with Crippen molar-refractivity contribution in [1.29, 1.82) is 0 Å². The summed E-state index contributed by atoms with van der Waals surface area (Å²) in [6.45, 7) is 2.17. The van der Waals surface area contributed by atoms with Crippen molar-refractivity contribution in [3.05, 3.63) is 11.1 Å². The van der Waals surface area contributed by atoms with E-state index in [0.717, 1.165) is 12.8 Å². The van der Waals surface area contributed by atoms with Crippen LogP contribution < -0.4 is 0 Å².